The van der Waals surface area contributed by atoms with Crippen molar-refractivity contribution in [1.29, 1.82) is 0 Å². The highest BCUT2D eigenvalue weighted by Crippen LogP contribution is 2.29. The van der Waals surface area contributed by atoms with Gasteiger partial charge in [0.1, 0.15) is 12.4 Å². The maximum Gasteiger partial charge on any atom is 0.258 e. The summed E-state index contributed by atoms with van der Waals surface area (Å²) in [7, 11) is 1.83. The van der Waals surface area contributed by atoms with Gasteiger partial charge in [0.2, 0.25) is 0 Å². The van der Waals surface area contributed by atoms with E-state index in [2.05, 4.69) is 62.4 Å². The summed E-state index contributed by atoms with van der Waals surface area (Å²) >= 11 is 0. The third-order valence-electron chi connectivity index (χ3n) is 5.35. The highest BCUT2D eigenvalue weighted by Gasteiger charge is 2.17. The zero-order valence-corrected chi connectivity index (χ0v) is 17.1. The third kappa shape index (κ3) is 3.95. The van der Waals surface area contributed by atoms with E-state index in [1.807, 2.05) is 31.3 Å². The lowest BCUT2D eigenvalue weighted by molar-refractivity contribution is 0.306. The van der Waals surface area contributed by atoms with Crippen LogP contribution in [-0.4, -0.2) is 4.57 Å². The van der Waals surface area contributed by atoms with Crippen LogP contribution in [0.25, 0.3) is 10.9 Å². The molecule has 0 saturated carbocycles. The molecule has 0 radical (unpaired) electrons. The Kier molecular flexibility index (Phi) is 5.22. The Morgan fingerprint density at radius 3 is 2.03 bits per heavy atom. The Labute approximate surface area is 171 Å². The second-order valence-corrected chi connectivity index (χ2v) is 7.63. The predicted octanol–water partition coefficient (Wildman–Crippen LogP) is 5.33. The molecule has 0 amide bonds. The number of para-hydroxylation sites is 1. The third-order valence-corrected chi connectivity index (χ3v) is 5.35. The number of ether oxygens (including phenoxy) is 1. The highest BCUT2D eigenvalue weighted by molar-refractivity contribution is 5.86. The number of nitrogens with zero attached hydrogens (tertiary/aromatic N) is 1. The summed E-state index contributed by atoms with van der Waals surface area (Å²) < 4.78 is 8.01. The molecule has 3 heteroatoms. The Morgan fingerprint density at radius 1 is 0.793 bits per heavy atom. The van der Waals surface area contributed by atoms with Gasteiger partial charge in [-0.05, 0) is 37.1 Å². The van der Waals surface area contributed by atoms with Crippen molar-refractivity contribution >= 4 is 10.9 Å². The number of rotatable bonds is 5. The summed E-state index contributed by atoms with van der Waals surface area (Å²) in [6.45, 7) is 4.56. The molecule has 0 N–H and O–H groups in total. The molecule has 146 valence electrons. The molecular weight excluding hydrogens is 358 g/mol. The van der Waals surface area contributed by atoms with Gasteiger partial charge in [0, 0.05) is 18.9 Å². The summed E-state index contributed by atoms with van der Waals surface area (Å²) in [5, 5.41) is 0.962. The molecule has 1 heterocycles. The summed E-state index contributed by atoms with van der Waals surface area (Å²) in [6, 6.07) is 24.5. The molecule has 0 atom stereocenters. The van der Waals surface area contributed by atoms with Gasteiger partial charge in [-0.25, -0.2) is 0 Å². The second kappa shape index (κ2) is 7.96. The van der Waals surface area contributed by atoms with Crippen molar-refractivity contribution in [3.63, 3.8) is 0 Å². The number of aryl methyl sites for hydroxylation is 3. The first-order chi connectivity index (χ1) is 14.0. The van der Waals surface area contributed by atoms with Crippen LogP contribution in [0.5, 0.6) is 5.75 Å². The van der Waals surface area contributed by atoms with Crippen LogP contribution in [-0.2, 0) is 20.1 Å². The van der Waals surface area contributed by atoms with Gasteiger partial charge in [0.05, 0.1) is 11.1 Å². The molecule has 4 rings (SSSR count). The lowest BCUT2D eigenvalue weighted by Crippen LogP contribution is -2.23. The summed E-state index contributed by atoms with van der Waals surface area (Å²) in [5.74, 6) is 0.685. The fourth-order valence-corrected chi connectivity index (χ4v) is 3.60. The maximum atomic E-state index is 13.2. The number of aromatic nitrogens is 1. The molecule has 0 saturated heterocycles. The van der Waals surface area contributed by atoms with Crippen molar-refractivity contribution in [2.24, 2.45) is 7.05 Å². The van der Waals surface area contributed by atoms with Crippen molar-refractivity contribution in [2.75, 3.05) is 0 Å². The first kappa shape index (κ1) is 19.0. The van der Waals surface area contributed by atoms with Crippen LogP contribution < -0.4 is 10.3 Å². The van der Waals surface area contributed by atoms with Gasteiger partial charge in [-0.15, -0.1) is 0 Å². The topological polar surface area (TPSA) is 31.2 Å². The van der Waals surface area contributed by atoms with Gasteiger partial charge in [0.25, 0.3) is 5.56 Å². The first-order valence-corrected chi connectivity index (χ1v) is 9.87. The number of fused-ring (bicyclic) bond motifs is 1. The van der Waals surface area contributed by atoms with Crippen LogP contribution in [0.1, 0.15) is 27.8 Å². The molecule has 0 aliphatic carbocycles. The van der Waals surface area contributed by atoms with Crippen molar-refractivity contribution < 1.29 is 4.74 Å². The van der Waals surface area contributed by atoms with Crippen LogP contribution in [0.2, 0.25) is 0 Å². The van der Waals surface area contributed by atoms with Gasteiger partial charge in [-0.3, -0.25) is 4.79 Å². The number of benzene rings is 3. The molecule has 0 spiro atoms. The molecule has 0 aliphatic heterocycles. The molecule has 0 bridgehead atoms. The van der Waals surface area contributed by atoms with E-state index in [1.54, 1.807) is 4.57 Å². The average molecular weight is 383 g/mol. The first-order valence-electron chi connectivity index (χ1n) is 9.87. The van der Waals surface area contributed by atoms with E-state index in [9.17, 15) is 4.79 Å². The Balaban J connectivity index is 1.80. The summed E-state index contributed by atoms with van der Waals surface area (Å²) in [4.78, 5) is 13.2. The van der Waals surface area contributed by atoms with E-state index in [4.69, 9.17) is 4.74 Å². The standard InChI is InChI=1S/C26H25NO2/c1-18-8-12-20(13-9-18)16-23-25(29-17-21-14-10-19(2)11-15-21)22-6-4-5-7-24(22)27(3)26(23)28/h4-15H,16-17H2,1-3H3. The largest absolute Gasteiger partial charge is 0.488 e. The molecular formula is C26H25NO2. The average Bonchev–Trinajstić information content (AvgIpc) is 2.74. The number of hydrogen-bond donors (Lipinski definition) is 0. The van der Waals surface area contributed by atoms with Crippen LogP contribution in [0.4, 0.5) is 0 Å². The molecule has 1 aromatic heterocycles. The van der Waals surface area contributed by atoms with Crippen molar-refractivity contribution in [3.8, 4) is 5.75 Å². The van der Waals surface area contributed by atoms with E-state index in [0.29, 0.717) is 24.3 Å². The van der Waals surface area contributed by atoms with E-state index in [1.165, 1.54) is 11.1 Å². The fraction of sp³-hybridized carbons (Fsp3) is 0.192. The minimum absolute atomic E-state index is 0.0109. The van der Waals surface area contributed by atoms with Crippen molar-refractivity contribution in [1.82, 2.24) is 4.57 Å². The quantitative estimate of drug-likeness (QED) is 0.467. The van der Waals surface area contributed by atoms with E-state index >= 15 is 0 Å². The Morgan fingerprint density at radius 2 is 1.38 bits per heavy atom. The lowest BCUT2D eigenvalue weighted by atomic mass is 10.0. The summed E-state index contributed by atoms with van der Waals surface area (Å²) in [6.07, 6.45) is 0.543. The maximum absolute atomic E-state index is 13.2. The monoisotopic (exact) mass is 383 g/mol. The number of hydrogen-bond acceptors (Lipinski definition) is 2. The minimum Gasteiger partial charge on any atom is -0.488 e. The zero-order valence-electron chi connectivity index (χ0n) is 17.1. The SMILES string of the molecule is Cc1ccc(COc2c(Cc3ccc(C)cc3)c(=O)n(C)c3ccccc23)cc1. The van der Waals surface area contributed by atoms with Crippen LogP contribution in [0, 0.1) is 13.8 Å². The van der Waals surface area contributed by atoms with Gasteiger partial charge >= 0.3 is 0 Å². The van der Waals surface area contributed by atoms with Crippen LogP contribution >= 0.6 is 0 Å². The second-order valence-electron chi connectivity index (χ2n) is 7.63. The van der Waals surface area contributed by atoms with Crippen molar-refractivity contribution in [3.05, 3.63) is 111 Å². The highest BCUT2D eigenvalue weighted by atomic mass is 16.5. The Hall–Kier alpha value is -3.33. The van der Waals surface area contributed by atoms with E-state index in [-0.39, 0.29) is 5.56 Å². The molecule has 0 fully saturated rings. The molecule has 0 unspecified atom stereocenters. The normalized spacial score (nSPS) is 11.0. The van der Waals surface area contributed by atoms with Gasteiger partial charge in [-0.2, -0.15) is 0 Å². The Bertz CT molecular complexity index is 1200. The van der Waals surface area contributed by atoms with E-state index in [0.717, 1.165) is 22.0 Å². The fourth-order valence-electron chi connectivity index (χ4n) is 3.60. The smallest absolute Gasteiger partial charge is 0.258 e. The van der Waals surface area contributed by atoms with Crippen LogP contribution in [0.15, 0.2) is 77.6 Å². The molecule has 29 heavy (non-hydrogen) atoms. The zero-order chi connectivity index (χ0) is 20.4. The molecule has 4 aromatic rings. The van der Waals surface area contributed by atoms with Gasteiger partial charge in [0.15, 0.2) is 0 Å². The predicted molar refractivity (Wildman–Crippen MR) is 119 cm³/mol. The van der Waals surface area contributed by atoms with E-state index < -0.39 is 0 Å². The summed E-state index contributed by atoms with van der Waals surface area (Å²) in [5.41, 5.74) is 6.17. The lowest BCUT2D eigenvalue weighted by Gasteiger charge is -2.17. The van der Waals surface area contributed by atoms with Crippen LogP contribution in [0.3, 0.4) is 0 Å². The van der Waals surface area contributed by atoms with Crippen molar-refractivity contribution in [2.45, 2.75) is 26.9 Å². The molecule has 0 aliphatic rings. The molecule has 3 nitrogen and oxygen atoms in total. The van der Waals surface area contributed by atoms with Gasteiger partial charge in [-0.1, -0.05) is 71.8 Å². The number of pyridine rings is 1. The minimum atomic E-state index is -0.0109. The molecule has 3 aromatic carbocycles. The van der Waals surface area contributed by atoms with Gasteiger partial charge < -0.3 is 9.30 Å².